The molecule has 2 rings (SSSR count). The lowest BCUT2D eigenvalue weighted by Crippen LogP contribution is -2.09. The molecule has 0 atom stereocenters. The van der Waals surface area contributed by atoms with Crippen molar-refractivity contribution in [2.75, 3.05) is 0 Å². The quantitative estimate of drug-likeness (QED) is 0.832. The average Bonchev–Trinajstić information content (AvgIpc) is 2.28. The summed E-state index contributed by atoms with van der Waals surface area (Å²) in [4.78, 5) is 16.9. The van der Waals surface area contributed by atoms with E-state index in [4.69, 9.17) is 0 Å². The van der Waals surface area contributed by atoms with Gasteiger partial charge in [-0.25, -0.2) is 4.98 Å². The maximum Gasteiger partial charge on any atom is 0.433 e. The van der Waals surface area contributed by atoms with Crippen molar-refractivity contribution in [3.8, 4) is 11.4 Å². The van der Waals surface area contributed by atoms with Crippen LogP contribution in [0, 0.1) is 0 Å². The van der Waals surface area contributed by atoms with Crippen LogP contribution in [0.25, 0.3) is 11.4 Å². The lowest BCUT2D eigenvalue weighted by molar-refractivity contribution is -0.141. The van der Waals surface area contributed by atoms with E-state index in [1.165, 1.54) is 30.3 Å². The van der Waals surface area contributed by atoms with Crippen molar-refractivity contribution in [1.82, 2.24) is 9.97 Å². The number of nitrogens with zero attached hydrogens (tertiary/aromatic N) is 1. The first-order valence-corrected chi connectivity index (χ1v) is 4.71. The molecular formula is C11H7F3N2O. The minimum atomic E-state index is -4.49. The van der Waals surface area contributed by atoms with E-state index in [1.807, 2.05) is 0 Å². The summed E-state index contributed by atoms with van der Waals surface area (Å²) < 4.78 is 37.3. The van der Waals surface area contributed by atoms with E-state index in [2.05, 4.69) is 9.97 Å². The van der Waals surface area contributed by atoms with Gasteiger partial charge < -0.3 is 4.98 Å². The summed E-state index contributed by atoms with van der Waals surface area (Å²) in [5.74, 6) is 0. The number of halogens is 3. The standard InChI is InChI=1S/C11H7F3N2O/c12-11(13,14)9-5-1-3-7(15-9)8-4-2-6-10(17)16-8/h1-6H,(H,16,17). The van der Waals surface area contributed by atoms with Crippen LogP contribution in [-0.4, -0.2) is 9.97 Å². The van der Waals surface area contributed by atoms with Gasteiger partial charge in [0.1, 0.15) is 5.69 Å². The van der Waals surface area contributed by atoms with E-state index in [0.717, 1.165) is 6.07 Å². The molecule has 0 saturated heterocycles. The third-order valence-electron chi connectivity index (χ3n) is 2.08. The largest absolute Gasteiger partial charge is 0.433 e. The number of aromatic nitrogens is 2. The fourth-order valence-corrected chi connectivity index (χ4v) is 1.34. The first kappa shape index (κ1) is 11.4. The molecule has 0 fully saturated rings. The summed E-state index contributed by atoms with van der Waals surface area (Å²) in [6, 6.07) is 7.75. The Kier molecular flexibility index (Phi) is 2.71. The van der Waals surface area contributed by atoms with Crippen molar-refractivity contribution in [2.45, 2.75) is 6.18 Å². The number of hydrogen-bond acceptors (Lipinski definition) is 2. The number of pyridine rings is 2. The highest BCUT2D eigenvalue weighted by Gasteiger charge is 2.32. The molecule has 2 aromatic heterocycles. The van der Waals surface area contributed by atoms with E-state index in [-0.39, 0.29) is 16.9 Å². The molecule has 0 saturated carbocycles. The first-order valence-electron chi connectivity index (χ1n) is 4.71. The number of alkyl halides is 3. The van der Waals surface area contributed by atoms with Gasteiger partial charge in [-0.05, 0) is 18.2 Å². The van der Waals surface area contributed by atoms with Crippen LogP contribution in [0.1, 0.15) is 5.69 Å². The van der Waals surface area contributed by atoms with Crippen molar-refractivity contribution < 1.29 is 13.2 Å². The van der Waals surface area contributed by atoms with Gasteiger partial charge in [0.2, 0.25) is 5.56 Å². The number of aromatic amines is 1. The highest BCUT2D eigenvalue weighted by molar-refractivity contribution is 5.53. The fourth-order valence-electron chi connectivity index (χ4n) is 1.34. The number of nitrogens with one attached hydrogen (secondary N) is 1. The second kappa shape index (κ2) is 4.04. The predicted molar refractivity (Wildman–Crippen MR) is 55.3 cm³/mol. The summed E-state index contributed by atoms with van der Waals surface area (Å²) in [6.45, 7) is 0. The lowest BCUT2D eigenvalue weighted by atomic mass is 10.2. The van der Waals surface area contributed by atoms with Crippen LogP contribution in [0.15, 0.2) is 41.2 Å². The molecule has 1 N–H and O–H groups in total. The zero-order chi connectivity index (χ0) is 12.5. The van der Waals surface area contributed by atoms with E-state index in [9.17, 15) is 18.0 Å². The molecule has 2 heterocycles. The summed E-state index contributed by atoms with van der Waals surface area (Å²) in [5.41, 5.74) is -1.04. The third kappa shape index (κ3) is 2.52. The third-order valence-corrected chi connectivity index (χ3v) is 2.08. The maximum atomic E-state index is 12.4. The van der Waals surface area contributed by atoms with Crippen molar-refractivity contribution in [3.05, 3.63) is 52.4 Å². The van der Waals surface area contributed by atoms with Crippen molar-refractivity contribution in [1.29, 1.82) is 0 Å². The van der Waals surface area contributed by atoms with Gasteiger partial charge >= 0.3 is 6.18 Å². The Labute approximate surface area is 94.0 Å². The molecule has 88 valence electrons. The molecule has 0 amide bonds. The summed E-state index contributed by atoms with van der Waals surface area (Å²) in [7, 11) is 0. The summed E-state index contributed by atoms with van der Waals surface area (Å²) in [6.07, 6.45) is -4.49. The molecule has 0 bridgehead atoms. The zero-order valence-electron chi connectivity index (χ0n) is 8.45. The molecule has 0 radical (unpaired) electrons. The minimum absolute atomic E-state index is 0.0810. The van der Waals surface area contributed by atoms with Crippen LogP contribution in [0.3, 0.4) is 0 Å². The monoisotopic (exact) mass is 240 g/mol. The van der Waals surface area contributed by atoms with Gasteiger partial charge in [-0.15, -0.1) is 0 Å². The Bertz CT molecular complexity index is 590. The molecule has 3 nitrogen and oxygen atoms in total. The molecule has 17 heavy (non-hydrogen) atoms. The molecule has 0 aliphatic rings. The summed E-state index contributed by atoms with van der Waals surface area (Å²) in [5, 5.41) is 0. The molecule has 0 aromatic carbocycles. The highest BCUT2D eigenvalue weighted by atomic mass is 19.4. The summed E-state index contributed by atoms with van der Waals surface area (Å²) >= 11 is 0. The van der Waals surface area contributed by atoms with E-state index >= 15 is 0 Å². The number of hydrogen-bond donors (Lipinski definition) is 1. The molecule has 6 heteroatoms. The minimum Gasteiger partial charge on any atom is -0.321 e. The lowest BCUT2D eigenvalue weighted by Gasteiger charge is -2.07. The molecule has 0 unspecified atom stereocenters. The fraction of sp³-hybridized carbons (Fsp3) is 0.0909. The topological polar surface area (TPSA) is 45.8 Å². The van der Waals surface area contributed by atoms with Gasteiger partial charge in [0.25, 0.3) is 0 Å². The predicted octanol–water partition coefficient (Wildman–Crippen LogP) is 2.46. The first-order chi connectivity index (χ1) is 7.97. The highest BCUT2D eigenvalue weighted by Crippen LogP contribution is 2.28. The van der Waals surface area contributed by atoms with Crippen LogP contribution in [0.4, 0.5) is 13.2 Å². The van der Waals surface area contributed by atoms with Crippen LogP contribution >= 0.6 is 0 Å². The second-order valence-corrected chi connectivity index (χ2v) is 3.33. The molecular weight excluding hydrogens is 233 g/mol. The van der Waals surface area contributed by atoms with Gasteiger partial charge in [0.15, 0.2) is 0 Å². The smallest absolute Gasteiger partial charge is 0.321 e. The van der Waals surface area contributed by atoms with E-state index in [1.54, 1.807) is 0 Å². The SMILES string of the molecule is O=c1cccc(-c2cccc(C(F)(F)F)n2)[nH]1. The molecule has 0 aliphatic heterocycles. The molecule has 2 aromatic rings. The number of rotatable bonds is 1. The number of H-pyrrole nitrogens is 1. The Morgan fingerprint density at radius 3 is 2.41 bits per heavy atom. The maximum absolute atomic E-state index is 12.4. The molecule has 0 spiro atoms. The Hall–Kier alpha value is -2.11. The van der Waals surface area contributed by atoms with Crippen LogP contribution < -0.4 is 5.56 Å². The Balaban J connectivity index is 2.51. The van der Waals surface area contributed by atoms with Gasteiger partial charge in [-0.2, -0.15) is 13.2 Å². The normalized spacial score (nSPS) is 11.5. The van der Waals surface area contributed by atoms with Crippen LogP contribution in [0.2, 0.25) is 0 Å². The van der Waals surface area contributed by atoms with Crippen molar-refractivity contribution in [3.63, 3.8) is 0 Å². The van der Waals surface area contributed by atoms with Gasteiger partial charge in [-0.1, -0.05) is 12.1 Å². The average molecular weight is 240 g/mol. The van der Waals surface area contributed by atoms with Crippen LogP contribution in [0.5, 0.6) is 0 Å². The van der Waals surface area contributed by atoms with Crippen molar-refractivity contribution in [2.24, 2.45) is 0 Å². The van der Waals surface area contributed by atoms with Gasteiger partial charge in [0, 0.05) is 6.07 Å². The van der Waals surface area contributed by atoms with E-state index < -0.39 is 11.9 Å². The molecule has 0 aliphatic carbocycles. The van der Waals surface area contributed by atoms with Gasteiger partial charge in [0.05, 0.1) is 11.4 Å². The van der Waals surface area contributed by atoms with Crippen LogP contribution in [-0.2, 0) is 6.18 Å². The Morgan fingerprint density at radius 1 is 1.06 bits per heavy atom. The van der Waals surface area contributed by atoms with Crippen molar-refractivity contribution >= 4 is 0 Å². The zero-order valence-corrected chi connectivity index (χ0v) is 8.45. The second-order valence-electron chi connectivity index (χ2n) is 3.33. The Morgan fingerprint density at radius 2 is 1.76 bits per heavy atom. The van der Waals surface area contributed by atoms with Gasteiger partial charge in [-0.3, -0.25) is 4.79 Å². The van der Waals surface area contributed by atoms with E-state index in [0.29, 0.717) is 0 Å².